The summed E-state index contributed by atoms with van der Waals surface area (Å²) in [5.41, 5.74) is 2.02. The molecule has 2 heterocycles. The van der Waals surface area contributed by atoms with Crippen LogP contribution in [-0.2, 0) is 5.75 Å². The summed E-state index contributed by atoms with van der Waals surface area (Å²) in [5, 5.41) is 2.00. The van der Waals surface area contributed by atoms with Crippen LogP contribution in [0.2, 0.25) is 0 Å². The van der Waals surface area contributed by atoms with Gasteiger partial charge >= 0.3 is 0 Å². The largest absolute Gasteiger partial charge is 0.288 e. The monoisotopic (exact) mass is 232 g/mol. The summed E-state index contributed by atoms with van der Waals surface area (Å²) in [6.07, 6.45) is 0. The number of rotatable bonds is 0. The van der Waals surface area contributed by atoms with E-state index in [1.807, 2.05) is 29.6 Å². The lowest BCUT2D eigenvalue weighted by atomic mass is 10.1. The SMILES string of the molecule is O=C1c2ccccc2SCc2ccsc21. The topological polar surface area (TPSA) is 17.1 Å². The number of hydrogen-bond acceptors (Lipinski definition) is 3. The molecule has 0 saturated heterocycles. The van der Waals surface area contributed by atoms with Crippen molar-refractivity contribution in [3.05, 3.63) is 51.7 Å². The van der Waals surface area contributed by atoms with Gasteiger partial charge in [0.2, 0.25) is 5.78 Å². The Kier molecular flexibility index (Phi) is 2.15. The molecule has 1 aliphatic heterocycles. The summed E-state index contributed by atoms with van der Waals surface area (Å²) >= 11 is 3.29. The predicted molar refractivity (Wildman–Crippen MR) is 63.8 cm³/mol. The number of carbonyl (C=O) groups excluding carboxylic acids is 1. The van der Waals surface area contributed by atoms with Gasteiger partial charge in [-0.3, -0.25) is 4.79 Å². The number of thioether (sulfide) groups is 1. The Labute approximate surface area is 96.1 Å². The molecule has 3 heteroatoms. The second-order valence-corrected chi connectivity index (χ2v) is 5.32. The number of hydrogen-bond donors (Lipinski definition) is 0. The van der Waals surface area contributed by atoms with Crippen LogP contribution in [0.4, 0.5) is 0 Å². The maximum atomic E-state index is 12.2. The maximum absolute atomic E-state index is 12.2. The van der Waals surface area contributed by atoms with E-state index in [-0.39, 0.29) is 5.78 Å². The number of benzene rings is 1. The molecule has 0 aliphatic carbocycles. The third-order valence-electron chi connectivity index (χ3n) is 2.47. The molecule has 0 atom stereocenters. The van der Waals surface area contributed by atoms with E-state index >= 15 is 0 Å². The van der Waals surface area contributed by atoms with Gasteiger partial charge in [0.25, 0.3) is 0 Å². The summed E-state index contributed by atoms with van der Waals surface area (Å²) in [6.45, 7) is 0. The lowest BCUT2D eigenvalue weighted by Gasteiger charge is -2.01. The first-order chi connectivity index (χ1) is 7.36. The van der Waals surface area contributed by atoms with E-state index in [0.29, 0.717) is 0 Å². The summed E-state index contributed by atoms with van der Waals surface area (Å²) in [7, 11) is 0. The van der Waals surface area contributed by atoms with E-state index < -0.39 is 0 Å². The fraction of sp³-hybridized carbons (Fsp3) is 0.0833. The number of thiophene rings is 1. The molecule has 1 aliphatic rings. The average molecular weight is 232 g/mol. The van der Waals surface area contributed by atoms with Crippen LogP contribution in [0.1, 0.15) is 20.8 Å². The van der Waals surface area contributed by atoms with Gasteiger partial charge < -0.3 is 0 Å². The van der Waals surface area contributed by atoms with Crippen molar-refractivity contribution in [2.45, 2.75) is 10.6 Å². The van der Waals surface area contributed by atoms with E-state index in [4.69, 9.17) is 0 Å². The highest BCUT2D eigenvalue weighted by Crippen LogP contribution is 2.35. The molecular weight excluding hydrogens is 224 g/mol. The Hall–Kier alpha value is -1.06. The standard InChI is InChI=1S/C12H8OS2/c13-11-9-3-1-2-4-10(9)15-7-8-5-6-14-12(8)11/h1-6H,7H2. The second kappa shape index (κ2) is 3.51. The quantitative estimate of drug-likeness (QED) is 0.690. The van der Waals surface area contributed by atoms with Crippen LogP contribution < -0.4 is 0 Å². The van der Waals surface area contributed by atoms with Crippen LogP contribution in [0.15, 0.2) is 40.6 Å². The molecule has 15 heavy (non-hydrogen) atoms. The molecule has 0 spiro atoms. The molecule has 0 bridgehead atoms. The zero-order valence-electron chi connectivity index (χ0n) is 7.90. The minimum Gasteiger partial charge on any atom is -0.288 e. The van der Waals surface area contributed by atoms with E-state index in [0.717, 1.165) is 21.1 Å². The van der Waals surface area contributed by atoms with Crippen molar-refractivity contribution in [3.8, 4) is 0 Å². The lowest BCUT2D eigenvalue weighted by Crippen LogP contribution is -1.99. The minimum atomic E-state index is 0.181. The first-order valence-corrected chi connectivity index (χ1v) is 6.55. The molecule has 3 rings (SSSR count). The van der Waals surface area contributed by atoms with Crippen LogP contribution >= 0.6 is 23.1 Å². The van der Waals surface area contributed by atoms with Crippen LogP contribution in [0, 0.1) is 0 Å². The zero-order valence-corrected chi connectivity index (χ0v) is 9.53. The molecule has 0 N–H and O–H groups in total. The summed E-state index contributed by atoms with van der Waals surface area (Å²) in [6, 6.07) is 9.90. The van der Waals surface area contributed by atoms with Crippen molar-refractivity contribution in [1.29, 1.82) is 0 Å². The molecule has 1 nitrogen and oxygen atoms in total. The molecule has 0 saturated carbocycles. The first kappa shape index (κ1) is 9.19. The van der Waals surface area contributed by atoms with Crippen LogP contribution in [0.25, 0.3) is 0 Å². The first-order valence-electron chi connectivity index (χ1n) is 4.69. The third kappa shape index (κ3) is 1.43. The molecule has 0 unspecified atom stereocenters. The fourth-order valence-corrected chi connectivity index (χ4v) is 3.72. The Morgan fingerprint density at radius 2 is 2.00 bits per heavy atom. The number of ketones is 1. The highest BCUT2D eigenvalue weighted by molar-refractivity contribution is 7.98. The van der Waals surface area contributed by atoms with Crippen LogP contribution in [-0.4, -0.2) is 5.78 Å². The van der Waals surface area contributed by atoms with Gasteiger partial charge in [-0.2, -0.15) is 0 Å². The minimum absolute atomic E-state index is 0.181. The molecular formula is C12H8OS2. The van der Waals surface area contributed by atoms with Crippen molar-refractivity contribution in [2.24, 2.45) is 0 Å². The Morgan fingerprint density at radius 1 is 1.13 bits per heavy atom. The summed E-state index contributed by atoms with van der Waals surface area (Å²) in [4.78, 5) is 14.2. The van der Waals surface area contributed by atoms with Crippen molar-refractivity contribution >= 4 is 28.9 Å². The molecule has 74 valence electrons. The van der Waals surface area contributed by atoms with Gasteiger partial charge in [0.1, 0.15) is 0 Å². The number of carbonyl (C=O) groups is 1. The highest BCUT2D eigenvalue weighted by Gasteiger charge is 2.21. The van der Waals surface area contributed by atoms with E-state index in [1.54, 1.807) is 23.1 Å². The molecule has 0 amide bonds. The Bertz CT molecular complexity index is 528. The molecule has 1 aromatic heterocycles. The molecule has 2 aromatic rings. The molecule has 1 aromatic carbocycles. The third-order valence-corrected chi connectivity index (χ3v) is 4.55. The zero-order chi connectivity index (χ0) is 10.3. The van der Waals surface area contributed by atoms with Gasteiger partial charge in [-0.1, -0.05) is 12.1 Å². The number of fused-ring (bicyclic) bond motifs is 2. The summed E-state index contributed by atoms with van der Waals surface area (Å²) in [5.74, 6) is 1.09. The Morgan fingerprint density at radius 3 is 2.93 bits per heavy atom. The van der Waals surface area contributed by atoms with E-state index in [9.17, 15) is 4.79 Å². The van der Waals surface area contributed by atoms with Gasteiger partial charge in [-0.25, -0.2) is 0 Å². The second-order valence-electron chi connectivity index (χ2n) is 3.39. The van der Waals surface area contributed by atoms with Gasteiger partial charge in [-0.15, -0.1) is 23.1 Å². The van der Waals surface area contributed by atoms with E-state index in [1.165, 1.54) is 5.56 Å². The van der Waals surface area contributed by atoms with Gasteiger partial charge in [0, 0.05) is 16.2 Å². The highest BCUT2D eigenvalue weighted by atomic mass is 32.2. The Balaban J connectivity index is 2.22. The average Bonchev–Trinajstić information content (AvgIpc) is 2.69. The van der Waals surface area contributed by atoms with Crippen molar-refractivity contribution < 1.29 is 4.79 Å². The fourth-order valence-electron chi connectivity index (χ4n) is 1.71. The molecule has 0 radical (unpaired) electrons. The van der Waals surface area contributed by atoms with Gasteiger partial charge in [-0.05, 0) is 29.1 Å². The molecule has 0 fully saturated rings. The maximum Gasteiger partial charge on any atom is 0.204 e. The van der Waals surface area contributed by atoms with Crippen molar-refractivity contribution in [3.63, 3.8) is 0 Å². The normalized spacial score (nSPS) is 14.3. The lowest BCUT2D eigenvalue weighted by molar-refractivity contribution is 0.103. The van der Waals surface area contributed by atoms with Crippen LogP contribution in [0.3, 0.4) is 0 Å². The van der Waals surface area contributed by atoms with Crippen molar-refractivity contribution in [1.82, 2.24) is 0 Å². The smallest absolute Gasteiger partial charge is 0.204 e. The van der Waals surface area contributed by atoms with Crippen molar-refractivity contribution in [2.75, 3.05) is 0 Å². The predicted octanol–water partition coefficient (Wildman–Crippen LogP) is 3.58. The van der Waals surface area contributed by atoms with Gasteiger partial charge in [0.15, 0.2) is 0 Å². The van der Waals surface area contributed by atoms with Gasteiger partial charge in [0.05, 0.1) is 4.88 Å². The van der Waals surface area contributed by atoms with Crippen LogP contribution in [0.5, 0.6) is 0 Å². The van der Waals surface area contributed by atoms with E-state index in [2.05, 4.69) is 6.07 Å². The summed E-state index contributed by atoms with van der Waals surface area (Å²) < 4.78 is 0.